The Morgan fingerprint density at radius 3 is 2.21 bits per heavy atom. The highest BCUT2D eigenvalue weighted by Gasteiger charge is 2.32. The number of carbonyl (C=O) groups excluding carboxylic acids is 3. The third-order valence-electron chi connectivity index (χ3n) is 7.12. The van der Waals surface area contributed by atoms with Gasteiger partial charge in [-0.1, -0.05) is 12.1 Å². The van der Waals surface area contributed by atoms with E-state index >= 15 is 0 Å². The third kappa shape index (κ3) is 6.29. The molecule has 2 N–H and O–H groups in total. The van der Waals surface area contributed by atoms with Gasteiger partial charge in [-0.05, 0) is 89.6 Å². The molecule has 4 rings (SSSR count). The Labute approximate surface area is 202 Å². The molecule has 8 nitrogen and oxygen atoms in total. The monoisotopic (exact) mass is 470 g/mol. The molecule has 1 unspecified atom stereocenters. The number of rotatable bonds is 4. The normalized spacial score (nSPS) is 23.5. The lowest BCUT2D eigenvalue weighted by atomic mass is 9.88. The maximum Gasteiger partial charge on any atom is 0.410 e. The summed E-state index contributed by atoms with van der Waals surface area (Å²) in [7, 11) is 0. The first-order valence-electron chi connectivity index (χ1n) is 12.6. The van der Waals surface area contributed by atoms with Gasteiger partial charge in [0, 0.05) is 31.2 Å². The Bertz CT molecular complexity index is 879. The molecular formula is C26H38N4O4. The van der Waals surface area contributed by atoms with Gasteiger partial charge in [-0.2, -0.15) is 0 Å². The van der Waals surface area contributed by atoms with Crippen molar-refractivity contribution in [1.29, 1.82) is 0 Å². The average Bonchev–Trinajstić information content (AvgIpc) is 2.81. The summed E-state index contributed by atoms with van der Waals surface area (Å²) in [6, 6.07) is 8.59. The highest BCUT2D eigenvalue weighted by atomic mass is 16.6. The molecule has 34 heavy (non-hydrogen) atoms. The van der Waals surface area contributed by atoms with Gasteiger partial charge in [0.15, 0.2) is 0 Å². The Hall–Kier alpha value is -2.61. The number of likely N-dealkylation sites (tertiary alicyclic amines) is 2. The van der Waals surface area contributed by atoms with E-state index in [-0.39, 0.29) is 23.9 Å². The highest BCUT2D eigenvalue weighted by Crippen LogP contribution is 2.31. The topological polar surface area (TPSA) is 91.0 Å². The summed E-state index contributed by atoms with van der Waals surface area (Å²) < 4.78 is 5.52. The molecule has 0 radical (unpaired) electrons. The molecule has 3 saturated heterocycles. The smallest absolute Gasteiger partial charge is 0.410 e. The number of nitrogens with zero attached hydrogens (tertiary/aromatic N) is 2. The summed E-state index contributed by atoms with van der Waals surface area (Å²) in [5.41, 5.74) is 1.80. The number of imide groups is 1. The van der Waals surface area contributed by atoms with Gasteiger partial charge in [0.1, 0.15) is 11.6 Å². The molecule has 3 aliphatic rings. The first-order valence-corrected chi connectivity index (χ1v) is 12.6. The molecule has 8 heteroatoms. The molecule has 3 heterocycles. The molecule has 0 saturated carbocycles. The van der Waals surface area contributed by atoms with Crippen molar-refractivity contribution in [2.24, 2.45) is 0 Å². The molecule has 3 aliphatic heterocycles. The maximum atomic E-state index is 12.3. The van der Waals surface area contributed by atoms with Crippen molar-refractivity contribution in [2.45, 2.75) is 82.9 Å². The number of amides is 3. The summed E-state index contributed by atoms with van der Waals surface area (Å²) in [5, 5.41) is 5.64. The van der Waals surface area contributed by atoms with E-state index < -0.39 is 5.60 Å². The van der Waals surface area contributed by atoms with E-state index in [0.29, 0.717) is 24.8 Å². The van der Waals surface area contributed by atoms with Gasteiger partial charge in [0.2, 0.25) is 11.8 Å². The van der Waals surface area contributed by atoms with Crippen molar-refractivity contribution in [2.75, 3.05) is 31.5 Å². The molecule has 1 atom stereocenters. The number of nitrogens with one attached hydrogen (secondary N) is 2. The lowest BCUT2D eigenvalue weighted by molar-refractivity contribution is -0.133. The molecule has 1 aromatic rings. The minimum Gasteiger partial charge on any atom is -0.444 e. The molecule has 1 aromatic carbocycles. The lowest BCUT2D eigenvalue weighted by Crippen LogP contribution is -2.49. The number of ether oxygens (including phenoxy) is 1. The maximum absolute atomic E-state index is 12.3. The fraction of sp³-hybridized carbons (Fsp3) is 0.654. The van der Waals surface area contributed by atoms with Gasteiger partial charge in [0.05, 0.1) is 0 Å². The SMILES string of the molecule is CC(C)(C)OC(=O)N1CCC(N2CCC(c3ccc(NC4CCC(=O)NC4=O)cc3)CC2)CC1. The minimum atomic E-state index is -0.449. The summed E-state index contributed by atoms with van der Waals surface area (Å²) in [5.74, 6) is 0.103. The predicted octanol–water partition coefficient (Wildman–Crippen LogP) is 3.48. The van der Waals surface area contributed by atoms with Gasteiger partial charge < -0.3 is 19.9 Å². The zero-order valence-electron chi connectivity index (χ0n) is 20.6. The third-order valence-corrected chi connectivity index (χ3v) is 7.12. The lowest BCUT2D eigenvalue weighted by Gasteiger charge is -2.42. The number of hydrogen-bond acceptors (Lipinski definition) is 6. The highest BCUT2D eigenvalue weighted by molar-refractivity contribution is 6.01. The summed E-state index contributed by atoms with van der Waals surface area (Å²) >= 11 is 0. The van der Waals surface area contributed by atoms with Crippen LogP contribution in [0.15, 0.2) is 24.3 Å². The molecule has 0 aliphatic carbocycles. The molecule has 3 amide bonds. The van der Waals surface area contributed by atoms with Crippen LogP contribution in [0.25, 0.3) is 0 Å². The van der Waals surface area contributed by atoms with Crippen LogP contribution in [0.5, 0.6) is 0 Å². The first-order chi connectivity index (χ1) is 16.2. The van der Waals surface area contributed by atoms with Crippen molar-refractivity contribution in [3.05, 3.63) is 29.8 Å². The standard InChI is InChI=1S/C26H38N4O4/c1-26(2,3)34-25(33)30-16-12-21(13-17-30)29-14-10-19(11-15-29)18-4-6-20(7-5-18)27-22-8-9-23(31)28-24(22)32/h4-7,19,21-22,27H,8-17H2,1-3H3,(H,28,31,32). The first kappa shape index (κ1) is 24.5. The van der Waals surface area contributed by atoms with Crippen LogP contribution in [0, 0.1) is 0 Å². The largest absolute Gasteiger partial charge is 0.444 e. The van der Waals surface area contributed by atoms with Crippen molar-refractivity contribution in [1.82, 2.24) is 15.1 Å². The van der Waals surface area contributed by atoms with Crippen LogP contribution in [0.2, 0.25) is 0 Å². The molecule has 0 spiro atoms. The van der Waals surface area contributed by atoms with E-state index in [0.717, 1.165) is 57.5 Å². The fourth-order valence-electron chi connectivity index (χ4n) is 5.22. The van der Waals surface area contributed by atoms with Gasteiger partial charge >= 0.3 is 6.09 Å². The van der Waals surface area contributed by atoms with E-state index in [9.17, 15) is 14.4 Å². The van der Waals surface area contributed by atoms with Gasteiger partial charge in [-0.15, -0.1) is 0 Å². The quantitative estimate of drug-likeness (QED) is 0.655. The van der Waals surface area contributed by atoms with E-state index in [2.05, 4.69) is 27.7 Å². The second-order valence-corrected chi connectivity index (χ2v) is 10.8. The van der Waals surface area contributed by atoms with E-state index in [1.54, 1.807) is 0 Å². The average molecular weight is 471 g/mol. The molecule has 186 valence electrons. The summed E-state index contributed by atoms with van der Waals surface area (Å²) in [4.78, 5) is 40.0. The van der Waals surface area contributed by atoms with E-state index in [4.69, 9.17) is 4.74 Å². The van der Waals surface area contributed by atoms with Gasteiger partial charge in [-0.25, -0.2) is 4.79 Å². The van der Waals surface area contributed by atoms with Gasteiger partial charge in [-0.3, -0.25) is 14.9 Å². The van der Waals surface area contributed by atoms with Crippen LogP contribution in [0.4, 0.5) is 10.5 Å². The Morgan fingerprint density at radius 2 is 1.62 bits per heavy atom. The van der Waals surface area contributed by atoms with Gasteiger partial charge in [0.25, 0.3) is 0 Å². The number of benzene rings is 1. The Balaban J connectivity index is 1.22. The summed E-state index contributed by atoms with van der Waals surface area (Å²) in [6.45, 7) is 9.41. The summed E-state index contributed by atoms with van der Waals surface area (Å²) in [6.07, 6.45) is 4.98. The molecule has 0 bridgehead atoms. The second kappa shape index (κ2) is 10.3. The Morgan fingerprint density at radius 1 is 0.971 bits per heavy atom. The minimum absolute atomic E-state index is 0.194. The Kier molecular flexibility index (Phi) is 7.45. The van der Waals surface area contributed by atoms with Crippen LogP contribution in [-0.4, -0.2) is 71.6 Å². The number of hydrogen-bond donors (Lipinski definition) is 2. The van der Waals surface area contributed by atoms with Crippen molar-refractivity contribution in [3.63, 3.8) is 0 Å². The van der Waals surface area contributed by atoms with E-state index in [1.165, 1.54) is 5.56 Å². The van der Waals surface area contributed by atoms with Crippen molar-refractivity contribution < 1.29 is 19.1 Å². The van der Waals surface area contributed by atoms with Crippen LogP contribution < -0.4 is 10.6 Å². The zero-order valence-corrected chi connectivity index (χ0v) is 20.6. The van der Waals surface area contributed by atoms with Crippen LogP contribution in [0.1, 0.15) is 70.8 Å². The van der Waals surface area contributed by atoms with Crippen LogP contribution in [0.3, 0.4) is 0 Å². The van der Waals surface area contributed by atoms with E-state index in [1.807, 2.05) is 37.8 Å². The molecule has 0 aromatic heterocycles. The van der Waals surface area contributed by atoms with Crippen LogP contribution >= 0.6 is 0 Å². The predicted molar refractivity (Wildman–Crippen MR) is 131 cm³/mol. The second-order valence-electron chi connectivity index (χ2n) is 10.8. The van der Waals surface area contributed by atoms with Crippen LogP contribution in [-0.2, 0) is 14.3 Å². The van der Waals surface area contributed by atoms with Crippen molar-refractivity contribution in [3.8, 4) is 0 Å². The number of piperidine rings is 3. The number of anilines is 1. The zero-order chi connectivity index (χ0) is 24.3. The fourth-order valence-corrected chi connectivity index (χ4v) is 5.22. The van der Waals surface area contributed by atoms with Crippen molar-refractivity contribution >= 4 is 23.6 Å². The molecule has 3 fully saturated rings. The molecular weight excluding hydrogens is 432 g/mol. The number of carbonyl (C=O) groups is 3.